The van der Waals surface area contributed by atoms with E-state index in [0.717, 1.165) is 4.68 Å². The Hall–Kier alpha value is -1.59. The van der Waals surface area contributed by atoms with Crippen LogP contribution in [0.15, 0.2) is 24.5 Å². The fraction of sp³-hybridized carbons (Fsp3) is 0.100. The van der Waals surface area contributed by atoms with Crippen LogP contribution in [-0.2, 0) is 6.42 Å². The Morgan fingerprint density at radius 2 is 1.94 bits per heavy atom. The van der Waals surface area contributed by atoms with Gasteiger partial charge in [0.05, 0.1) is 6.42 Å². The molecule has 0 amide bonds. The summed E-state index contributed by atoms with van der Waals surface area (Å²) in [4.78, 5) is 15.4. The van der Waals surface area contributed by atoms with Gasteiger partial charge in [0, 0.05) is 10.0 Å². The predicted molar refractivity (Wildman–Crippen MR) is 65.2 cm³/mol. The number of nitrogens with two attached hydrogens (primary N) is 1. The number of carbonyl (C=O) groups excluding carboxylic acids is 1. The van der Waals surface area contributed by atoms with Crippen LogP contribution in [0, 0.1) is 0 Å². The quantitative estimate of drug-likeness (QED) is 0.907. The summed E-state index contributed by atoms with van der Waals surface area (Å²) in [6.07, 6.45) is 1.40. The highest BCUT2D eigenvalue weighted by Crippen LogP contribution is 2.19. The topological polar surface area (TPSA) is 73.8 Å². The highest BCUT2D eigenvalue weighted by Gasteiger charge is 2.09. The third-order valence-electron chi connectivity index (χ3n) is 2.04. The molecule has 0 atom stereocenters. The first kappa shape index (κ1) is 11.9. The highest BCUT2D eigenvalue weighted by atomic mass is 35.5. The molecule has 1 heterocycles. The lowest BCUT2D eigenvalue weighted by Gasteiger charge is -2.02. The molecule has 0 aliphatic heterocycles. The van der Waals surface area contributed by atoms with E-state index in [0.29, 0.717) is 15.6 Å². The molecule has 5 nitrogen and oxygen atoms in total. The summed E-state index contributed by atoms with van der Waals surface area (Å²) in [5.41, 5.74) is 6.03. The Balaban J connectivity index is 2.18. The van der Waals surface area contributed by atoms with Crippen molar-refractivity contribution in [3.8, 4) is 0 Å². The lowest BCUT2D eigenvalue weighted by molar-refractivity contribution is 0.0898. The van der Waals surface area contributed by atoms with E-state index in [1.165, 1.54) is 6.33 Å². The van der Waals surface area contributed by atoms with Crippen LogP contribution >= 0.6 is 23.2 Å². The average Bonchev–Trinajstić information content (AvgIpc) is 2.63. The van der Waals surface area contributed by atoms with Gasteiger partial charge in [0.1, 0.15) is 6.33 Å². The SMILES string of the molecule is Nc1ncn(C(=O)Cc2cc(Cl)cc(Cl)c2)n1. The van der Waals surface area contributed by atoms with Gasteiger partial charge in [-0.3, -0.25) is 4.79 Å². The number of nitrogen functional groups attached to an aromatic ring is 1. The predicted octanol–water partition coefficient (Wildman–Crippen LogP) is 2.05. The number of aromatic nitrogens is 3. The van der Waals surface area contributed by atoms with Crippen molar-refractivity contribution in [2.45, 2.75) is 6.42 Å². The fourth-order valence-electron chi connectivity index (χ4n) is 1.36. The fourth-order valence-corrected chi connectivity index (χ4v) is 1.94. The molecular weight excluding hydrogens is 263 g/mol. The zero-order chi connectivity index (χ0) is 12.4. The minimum absolute atomic E-state index is 0.0578. The Bertz CT molecular complexity index is 547. The second-order valence-corrected chi connectivity index (χ2v) is 4.27. The van der Waals surface area contributed by atoms with Crippen molar-refractivity contribution in [1.29, 1.82) is 0 Å². The summed E-state index contributed by atoms with van der Waals surface area (Å²) in [7, 11) is 0. The Labute approximate surface area is 107 Å². The van der Waals surface area contributed by atoms with Crippen molar-refractivity contribution in [1.82, 2.24) is 14.8 Å². The normalized spacial score (nSPS) is 10.5. The molecule has 0 aliphatic rings. The van der Waals surface area contributed by atoms with Crippen LogP contribution < -0.4 is 5.73 Å². The molecule has 0 saturated heterocycles. The lowest BCUT2D eigenvalue weighted by atomic mass is 10.1. The van der Waals surface area contributed by atoms with Crippen LogP contribution in [0.3, 0.4) is 0 Å². The summed E-state index contributed by atoms with van der Waals surface area (Å²) < 4.78 is 1.09. The van der Waals surface area contributed by atoms with Gasteiger partial charge in [-0.2, -0.15) is 4.68 Å². The number of halogens is 2. The summed E-state index contributed by atoms with van der Waals surface area (Å²) in [5.74, 6) is -0.199. The number of rotatable bonds is 2. The molecule has 17 heavy (non-hydrogen) atoms. The van der Waals surface area contributed by atoms with E-state index in [4.69, 9.17) is 28.9 Å². The second-order valence-electron chi connectivity index (χ2n) is 3.40. The molecule has 88 valence electrons. The minimum atomic E-state index is -0.257. The number of nitrogens with zero attached hydrogens (tertiary/aromatic N) is 3. The van der Waals surface area contributed by atoms with Crippen LogP contribution in [0.2, 0.25) is 10.0 Å². The second kappa shape index (κ2) is 4.73. The Morgan fingerprint density at radius 1 is 1.29 bits per heavy atom. The summed E-state index contributed by atoms with van der Waals surface area (Å²) >= 11 is 11.7. The van der Waals surface area contributed by atoms with Gasteiger partial charge >= 0.3 is 0 Å². The van der Waals surface area contributed by atoms with Crippen LogP contribution in [0.4, 0.5) is 5.95 Å². The molecule has 0 bridgehead atoms. The summed E-state index contributed by atoms with van der Waals surface area (Å²) in [5, 5.41) is 4.69. The number of anilines is 1. The molecule has 0 aliphatic carbocycles. The Morgan fingerprint density at radius 3 is 2.47 bits per heavy atom. The van der Waals surface area contributed by atoms with Gasteiger partial charge in [0.15, 0.2) is 0 Å². The summed E-state index contributed by atoms with van der Waals surface area (Å²) in [6, 6.07) is 4.95. The number of hydrogen-bond donors (Lipinski definition) is 1. The van der Waals surface area contributed by atoms with Gasteiger partial charge in [-0.15, -0.1) is 5.10 Å². The van der Waals surface area contributed by atoms with E-state index in [-0.39, 0.29) is 18.3 Å². The molecule has 0 saturated carbocycles. The first-order valence-electron chi connectivity index (χ1n) is 4.70. The number of benzene rings is 1. The molecule has 0 unspecified atom stereocenters. The van der Waals surface area contributed by atoms with E-state index < -0.39 is 0 Å². The zero-order valence-corrected chi connectivity index (χ0v) is 10.1. The maximum Gasteiger partial charge on any atom is 0.252 e. The molecule has 2 aromatic rings. The number of hydrogen-bond acceptors (Lipinski definition) is 4. The maximum absolute atomic E-state index is 11.8. The number of carbonyl (C=O) groups is 1. The van der Waals surface area contributed by atoms with Crippen LogP contribution in [0.25, 0.3) is 0 Å². The van der Waals surface area contributed by atoms with Gasteiger partial charge in [0.25, 0.3) is 5.91 Å². The first-order valence-corrected chi connectivity index (χ1v) is 5.45. The molecular formula is C10H8Cl2N4O. The van der Waals surface area contributed by atoms with Gasteiger partial charge in [-0.1, -0.05) is 23.2 Å². The molecule has 1 aromatic heterocycles. The standard InChI is InChI=1S/C10H8Cl2N4O/c11-7-1-6(2-8(12)4-7)3-9(17)16-5-14-10(13)15-16/h1-2,4-5H,3H2,(H2,13,15). The first-order chi connectivity index (χ1) is 8.04. The Kier molecular flexibility index (Phi) is 3.31. The van der Waals surface area contributed by atoms with Crippen molar-refractivity contribution >= 4 is 35.1 Å². The van der Waals surface area contributed by atoms with Gasteiger partial charge < -0.3 is 5.73 Å². The van der Waals surface area contributed by atoms with Gasteiger partial charge in [-0.05, 0) is 23.8 Å². The van der Waals surface area contributed by atoms with E-state index in [9.17, 15) is 4.79 Å². The van der Waals surface area contributed by atoms with E-state index in [1.807, 2.05) is 0 Å². The maximum atomic E-state index is 11.8. The third kappa shape index (κ3) is 2.95. The molecule has 2 N–H and O–H groups in total. The molecule has 0 fully saturated rings. The largest absolute Gasteiger partial charge is 0.366 e. The highest BCUT2D eigenvalue weighted by molar-refractivity contribution is 6.34. The van der Waals surface area contributed by atoms with Crippen LogP contribution in [0.1, 0.15) is 10.4 Å². The minimum Gasteiger partial charge on any atom is -0.366 e. The molecule has 0 spiro atoms. The molecule has 7 heteroatoms. The monoisotopic (exact) mass is 270 g/mol. The van der Waals surface area contributed by atoms with Crippen molar-refractivity contribution in [2.24, 2.45) is 0 Å². The van der Waals surface area contributed by atoms with E-state index >= 15 is 0 Å². The average molecular weight is 271 g/mol. The van der Waals surface area contributed by atoms with Crippen molar-refractivity contribution in [3.05, 3.63) is 40.1 Å². The van der Waals surface area contributed by atoms with E-state index in [1.54, 1.807) is 18.2 Å². The van der Waals surface area contributed by atoms with E-state index in [2.05, 4.69) is 10.1 Å². The third-order valence-corrected chi connectivity index (χ3v) is 2.48. The van der Waals surface area contributed by atoms with Crippen LogP contribution in [-0.4, -0.2) is 20.7 Å². The summed E-state index contributed by atoms with van der Waals surface area (Å²) in [6.45, 7) is 0. The smallest absolute Gasteiger partial charge is 0.252 e. The molecule has 0 radical (unpaired) electrons. The molecule has 1 aromatic carbocycles. The van der Waals surface area contributed by atoms with Crippen molar-refractivity contribution < 1.29 is 4.79 Å². The van der Waals surface area contributed by atoms with Crippen molar-refractivity contribution in [2.75, 3.05) is 5.73 Å². The lowest BCUT2D eigenvalue weighted by Crippen LogP contribution is -2.14. The van der Waals surface area contributed by atoms with Crippen LogP contribution in [0.5, 0.6) is 0 Å². The molecule has 2 rings (SSSR count). The zero-order valence-electron chi connectivity index (χ0n) is 8.60. The van der Waals surface area contributed by atoms with Crippen molar-refractivity contribution in [3.63, 3.8) is 0 Å². The van der Waals surface area contributed by atoms with Gasteiger partial charge in [0.2, 0.25) is 5.95 Å². The van der Waals surface area contributed by atoms with Gasteiger partial charge in [-0.25, -0.2) is 4.98 Å².